The van der Waals surface area contributed by atoms with Crippen LogP contribution in [-0.2, 0) is 49.5 Å². The fourth-order valence-electron chi connectivity index (χ4n) is 9.26. The first-order valence-electron chi connectivity index (χ1n) is 30.2. The lowest BCUT2D eigenvalue weighted by Crippen LogP contribution is -2.29. The highest BCUT2D eigenvalue weighted by Crippen LogP contribution is 2.21. The van der Waals surface area contributed by atoms with Gasteiger partial charge in [0, 0.05) is 25.7 Å². The SMILES string of the molecule is CCCCCCCCC(CCCCCCCC)OC(=O)CCCCCCCCC(=O)OC[C@@H](COCc1ccccc1)OC(=O)CCCCCCC(=O)OC(CCCCCCCC)CCCCCCCC. The van der Waals surface area contributed by atoms with Crippen LogP contribution in [0.25, 0.3) is 0 Å². The van der Waals surface area contributed by atoms with E-state index in [1.165, 1.54) is 128 Å². The number of unbranched alkanes of at least 4 members (excludes halogenated alkanes) is 28. The molecule has 0 aliphatic heterocycles. The van der Waals surface area contributed by atoms with Gasteiger partial charge in [0.15, 0.2) is 6.10 Å². The predicted octanol–water partition coefficient (Wildman–Crippen LogP) is 17.9. The number of rotatable bonds is 53. The van der Waals surface area contributed by atoms with Crippen LogP contribution >= 0.6 is 0 Å². The van der Waals surface area contributed by atoms with Crippen molar-refractivity contribution in [1.29, 1.82) is 0 Å². The number of benzene rings is 1. The highest BCUT2D eigenvalue weighted by atomic mass is 16.6. The number of carbonyl (C=O) groups is 4. The van der Waals surface area contributed by atoms with Gasteiger partial charge >= 0.3 is 23.9 Å². The van der Waals surface area contributed by atoms with Gasteiger partial charge in [-0.25, -0.2) is 0 Å². The highest BCUT2D eigenvalue weighted by Gasteiger charge is 2.19. The van der Waals surface area contributed by atoms with E-state index in [1.54, 1.807) is 0 Å². The fraction of sp³-hybridized carbons (Fsp3) is 0.839. The van der Waals surface area contributed by atoms with Crippen molar-refractivity contribution in [2.24, 2.45) is 0 Å². The van der Waals surface area contributed by atoms with Gasteiger partial charge in [0.05, 0.1) is 13.2 Å². The zero-order chi connectivity index (χ0) is 51.5. The van der Waals surface area contributed by atoms with Crippen molar-refractivity contribution in [2.75, 3.05) is 13.2 Å². The maximum Gasteiger partial charge on any atom is 0.306 e. The Labute approximate surface area is 436 Å². The summed E-state index contributed by atoms with van der Waals surface area (Å²) in [4.78, 5) is 51.3. The molecule has 0 saturated carbocycles. The van der Waals surface area contributed by atoms with Crippen molar-refractivity contribution in [2.45, 2.75) is 322 Å². The molecule has 1 rings (SSSR count). The van der Waals surface area contributed by atoms with Crippen LogP contribution in [0.2, 0.25) is 0 Å². The quantitative estimate of drug-likeness (QED) is 0.0357. The predicted molar refractivity (Wildman–Crippen MR) is 293 cm³/mol. The summed E-state index contributed by atoms with van der Waals surface area (Å²) in [6.07, 6.45) is 43.2. The number of carbonyl (C=O) groups excluding carboxylic acids is 4. The van der Waals surface area contributed by atoms with E-state index >= 15 is 0 Å². The average Bonchev–Trinajstić information content (AvgIpc) is 3.36. The van der Waals surface area contributed by atoms with Crippen LogP contribution < -0.4 is 0 Å². The lowest BCUT2D eigenvalue weighted by molar-refractivity contribution is -0.163. The van der Waals surface area contributed by atoms with Crippen LogP contribution in [0.3, 0.4) is 0 Å². The molecule has 1 aromatic rings. The molecule has 412 valence electrons. The molecule has 0 aliphatic carbocycles. The molecular formula is C62H110O9. The summed E-state index contributed by atoms with van der Waals surface area (Å²) in [7, 11) is 0. The van der Waals surface area contributed by atoms with Crippen molar-refractivity contribution < 1.29 is 42.9 Å². The van der Waals surface area contributed by atoms with Crippen LogP contribution in [0.5, 0.6) is 0 Å². The molecule has 0 fully saturated rings. The Bertz CT molecular complexity index is 1320. The first kappa shape index (κ1) is 66.1. The molecule has 1 aromatic carbocycles. The topological polar surface area (TPSA) is 114 Å². The van der Waals surface area contributed by atoms with Gasteiger partial charge in [0.2, 0.25) is 0 Å². The lowest BCUT2D eigenvalue weighted by atomic mass is 10.0. The molecule has 0 N–H and O–H groups in total. The second-order valence-corrected chi connectivity index (χ2v) is 20.8. The molecule has 0 amide bonds. The minimum absolute atomic E-state index is 0.0295. The summed E-state index contributed by atoms with van der Waals surface area (Å²) >= 11 is 0. The van der Waals surface area contributed by atoms with Gasteiger partial charge in [0.25, 0.3) is 0 Å². The molecule has 9 nitrogen and oxygen atoms in total. The summed E-state index contributed by atoms with van der Waals surface area (Å²) in [5, 5.41) is 0. The van der Waals surface area contributed by atoms with E-state index in [2.05, 4.69) is 27.7 Å². The molecule has 1 atom stereocenters. The second kappa shape index (κ2) is 50.6. The molecule has 0 radical (unpaired) electrons. The minimum Gasteiger partial charge on any atom is -0.462 e. The van der Waals surface area contributed by atoms with E-state index in [0.29, 0.717) is 32.3 Å². The molecule has 0 unspecified atom stereocenters. The third kappa shape index (κ3) is 44.3. The van der Waals surface area contributed by atoms with Crippen molar-refractivity contribution >= 4 is 23.9 Å². The summed E-state index contributed by atoms with van der Waals surface area (Å²) < 4.78 is 29.3. The Morgan fingerprint density at radius 2 is 0.634 bits per heavy atom. The monoisotopic (exact) mass is 999 g/mol. The Morgan fingerprint density at radius 3 is 0.986 bits per heavy atom. The van der Waals surface area contributed by atoms with Gasteiger partial charge in [-0.15, -0.1) is 0 Å². The van der Waals surface area contributed by atoms with Crippen LogP contribution in [0.4, 0.5) is 0 Å². The fourth-order valence-corrected chi connectivity index (χ4v) is 9.26. The largest absolute Gasteiger partial charge is 0.462 e. The second-order valence-electron chi connectivity index (χ2n) is 20.8. The molecule has 0 aromatic heterocycles. The lowest BCUT2D eigenvalue weighted by Gasteiger charge is -2.19. The van der Waals surface area contributed by atoms with Crippen molar-refractivity contribution in [1.82, 2.24) is 0 Å². The van der Waals surface area contributed by atoms with Crippen molar-refractivity contribution in [3.05, 3.63) is 35.9 Å². The molecule has 71 heavy (non-hydrogen) atoms. The Kier molecular flexibility index (Phi) is 47.1. The van der Waals surface area contributed by atoms with Crippen LogP contribution in [0, 0.1) is 0 Å². The van der Waals surface area contributed by atoms with Gasteiger partial charge in [-0.05, 0) is 82.6 Å². The van der Waals surface area contributed by atoms with E-state index in [0.717, 1.165) is 115 Å². The first-order chi connectivity index (χ1) is 34.8. The van der Waals surface area contributed by atoms with E-state index in [1.807, 2.05) is 30.3 Å². The van der Waals surface area contributed by atoms with Gasteiger partial charge in [-0.2, -0.15) is 0 Å². The van der Waals surface area contributed by atoms with Gasteiger partial charge in [-0.3, -0.25) is 19.2 Å². The van der Waals surface area contributed by atoms with E-state index in [9.17, 15) is 19.2 Å². The molecule has 0 saturated heterocycles. The molecule has 0 bridgehead atoms. The van der Waals surface area contributed by atoms with Crippen LogP contribution in [0.1, 0.15) is 303 Å². The minimum atomic E-state index is -0.696. The van der Waals surface area contributed by atoms with Gasteiger partial charge in [0.1, 0.15) is 18.8 Å². The molecule has 9 heteroatoms. The standard InChI is InChI=1S/C62H110O9/c1-5-9-13-17-23-34-44-56(45-35-24-18-14-10-6-2)69-60(64)49-39-28-22-21-27-38-48-59(63)68-54-58(53-67-52-55-42-32-31-33-43-55)71-62(66)51-41-30-29-40-50-61(65)70-57(46-36-25-19-15-11-7-3)47-37-26-20-16-12-8-4/h31-33,42-43,56-58H,5-30,34-41,44-54H2,1-4H3/t58-/m1/s1. The number of hydrogen-bond donors (Lipinski definition) is 0. The Hall–Kier alpha value is -2.94. The molecule has 0 aliphatic rings. The van der Waals surface area contributed by atoms with E-state index in [4.69, 9.17) is 23.7 Å². The summed E-state index contributed by atoms with van der Waals surface area (Å²) in [5.41, 5.74) is 1.01. The summed E-state index contributed by atoms with van der Waals surface area (Å²) in [6, 6.07) is 9.81. The molecular weight excluding hydrogens is 889 g/mol. The average molecular weight is 1000 g/mol. The third-order valence-electron chi connectivity index (χ3n) is 13.8. The van der Waals surface area contributed by atoms with Gasteiger partial charge in [-0.1, -0.05) is 225 Å². The van der Waals surface area contributed by atoms with Crippen LogP contribution in [-0.4, -0.2) is 55.4 Å². The van der Waals surface area contributed by atoms with Crippen LogP contribution in [0.15, 0.2) is 30.3 Å². The first-order valence-corrected chi connectivity index (χ1v) is 30.2. The normalized spacial score (nSPS) is 11.9. The highest BCUT2D eigenvalue weighted by molar-refractivity contribution is 5.71. The number of ether oxygens (including phenoxy) is 5. The Balaban J connectivity index is 2.40. The van der Waals surface area contributed by atoms with Crippen molar-refractivity contribution in [3.8, 4) is 0 Å². The zero-order valence-electron chi connectivity index (χ0n) is 46.6. The van der Waals surface area contributed by atoms with Crippen molar-refractivity contribution in [3.63, 3.8) is 0 Å². The maximum atomic E-state index is 12.9. The number of esters is 4. The van der Waals surface area contributed by atoms with Gasteiger partial charge < -0.3 is 23.7 Å². The smallest absolute Gasteiger partial charge is 0.306 e. The third-order valence-corrected chi connectivity index (χ3v) is 13.8. The van der Waals surface area contributed by atoms with E-state index in [-0.39, 0.29) is 55.7 Å². The Morgan fingerprint density at radius 1 is 0.338 bits per heavy atom. The maximum absolute atomic E-state index is 12.9. The molecule has 0 spiro atoms. The molecule has 0 heterocycles. The summed E-state index contributed by atoms with van der Waals surface area (Å²) in [5.74, 6) is -0.778. The summed E-state index contributed by atoms with van der Waals surface area (Å²) in [6.45, 7) is 9.42. The zero-order valence-corrected chi connectivity index (χ0v) is 46.6. The number of hydrogen-bond acceptors (Lipinski definition) is 9. The van der Waals surface area contributed by atoms with E-state index < -0.39 is 6.10 Å².